The Bertz CT molecular complexity index is 1120. The zero-order valence-electron chi connectivity index (χ0n) is 15.8. The first kappa shape index (κ1) is 18.2. The summed E-state index contributed by atoms with van der Waals surface area (Å²) in [4.78, 5) is 43.6. The van der Waals surface area contributed by atoms with Gasteiger partial charge < -0.3 is 14.3 Å². The van der Waals surface area contributed by atoms with E-state index in [1.165, 1.54) is 22.5 Å². The monoisotopic (exact) mass is 386 g/mol. The van der Waals surface area contributed by atoms with Crippen LogP contribution in [-0.4, -0.2) is 42.6 Å². The van der Waals surface area contributed by atoms with Crippen LogP contribution in [0.3, 0.4) is 0 Å². The molecule has 4 rings (SSSR count). The molecule has 1 aliphatic rings. The van der Waals surface area contributed by atoms with E-state index in [1.54, 1.807) is 19.4 Å². The van der Waals surface area contributed by atoms with Crippen LogP contribution in [0.4, 0.5) is 0 Å². The maximum Gasteiger partial charge on any atom is 0.332 e. The number of hydrogen-bond donors (Lipinski definition) is 1. The van der Waals surface area contributed by atoms with Gasteiger partial charge in [0.15, 0.2) is 11.2 Å². The van der Waals surface area contributed by atoms with Crippen LogP contribution in [0, 0.1) is 0 Å². The highest BCUT2D eigenvalue weighted by atomic mass is 16.3. The summed E-state index contributed by atoms with van der Waals surface area (Å²) >= 11 is 0. The van der Waals surface area contributed by atoms with Crippen LogP contribution in [-0.2, 0) is 25.4 Å². The van der Waals surface area contributed by atoms with Gasteiger partial charge in [0, 0.05) is 27.2 Å². The molecule has 1 amide bonds. The molecular weight excluding hydrogens is 364 g/mol. The molecule has 1 fully saturated rings. The minimum atomic E-state index is -0.481. The summed E-state index contributed by atoms with van der Waals surface area (Å²) in [6.45, 7) is 1.67. The Morgan fingerprint density at radius 2 is 2.00 bits per heavy atom. The fraction of sp³-hybridized carbons (Fsp3) is 0.444. The van der Waals surface area contributed by atoms with Crippen molar-refractivity contribution in [1.29, 1.82) is 0 Å². The van der Waals surface area contributed by atoms with Crippen molar-refractivity contribution in [3.63, 3.8) is 0 Å². The molecule has 4 heterocycles. The first-order valence-corrected chi connectivity index (χ1v) is 9.15. The molecule has 0 aliphatic carbocycles. The minimum Gasteiger partial charge on any atom is -0.466 e. The average molecular weight is 386 g/mol. The summed E-state index contributed by atoms with van der Waals surface area (Å²) in [7, 11) is 2.95. The number of likely N-dealkylation sites (tertiary alicyclic amines) is 1. The van der Waals surface area contributed by atoms with E-state index in [0.717, 1.165) is 30.5 Å². The van der Waals surface area contributed by atoms with Crippen molar-refractivity contribution < 1.29 is 9.21 Å². The third-order valence-electron chi connectivity index (χ3n) is 5.15. The molecule has 1 N–H and O–H groups in total. The number of nitrogens with zero attached hydrogens (tertiary/aromatic N) is 5. The van der Waals surface area contributed by atoms with Gasteiger partial charge in [-0.25, -0.2) is 9.78 Å². The van der Waals surface area contributed by atoms with Crippen molar-refractivity contribution in [3.05, 3.63) is 51.3 Å². The van der Waals surface area contributed by atoms with Gasteiger partial charge in [0.25, 0.3) is 5.56 Å². The summed E-state index contributed by atoms with van der Waals surface area (Å²) in [5.74, 6) is 0.396. The lowest BCUT2D eigenvalue weighted by atomic mass is 10.3. The molecule has 1 atom stereocenters. The van der Waals surface area contributed by atoms with Crippen LogP contribution in [0.15, 0.2) is 38.7 Å². The highest BCUT2D eigenvalue weighted by Gasteiger charge is 2.27. The average Bonchev–Trinajstić information content (AvgIpc) is 3.44. The van der Waals surface area contributed by atoms with E-state index in [4.69, 9.17) is 4.42 Å². The lowest BCUT2D eigenvalue weighted by Gasteiger charge is -2.26. The summed E-state index contributed by atoms with van der Waals surface area (Å²) in [6.07, 6.45) is 4.78. The maximum atomic E-state index is 12.8. The largest absolute Gasteiger partial charge is 0.466 e. The molecule has 3 aromatic heterocycles. The fourth-order valence-electron chi connectivity index (χ4n) is 3.66. The third kappa shape index (κ3) is 3.05. The van der Waals surface area contributed by atoms with Crippen molar-refractivity contribution in [2.75, 3.05) is 13.1 Å². The molecule has 28 heavy (non-hydrogen) atoms. The van der Waals surface area contributed by atoms with Crippen molar-refractivity contribution in [3.8, 4) is 0 Å². The Labute approximate surface area is 160 Å². The Morgan fingerprint density at radius 1 is 1.25 bits per heavy atom. The molecule has 1 saturated heterocycles. The Hall–Kier alpha value is -3.14. The molecule has 1 unspecified atom stereocenters. The van der Waals surface area contributed by atoms with Gasteiger partial charge in [-0.1, -0.05) is 0 Å². The van der Waals surface area contributed by atoms with Gasteiger partial charge in [-0.05, 0) is 25.0 Å². The van der Waals surface area contributed by atoms with Crippen LogP contribution < -0.4 is 16.6 Å². The lowest BCUT2D eigenvalue weighted by molar-refractivity contribution is -0.123. The minimum absolute atomic E-state index is 0.0883. The van der Waals surface area contributed by atoms with E-state index >= 15 is 0 Å². The first-order valence-electron chi connectivity index (χ1n) is 9.15. The fourth-order valence-corrected chi connectivity index (χ4v) is 3.66. The van der Waals surface area contributed by atoms with E-state index in [-0.39, 0.29) is 29.8 Å². The van der Waals surface area contributed by atoms with Crippen LogP contribution in [0.1, 0.15) is 24.8 Å². The highest BCUT2D eigenvalue weighted by Crippen LogP contribution is 2.23. The van der Waals surface area contributed by atoms with Gasteiger partial charge in [0.05, 0.1) is 12.6 Å². The molecule has 1 aliphatic heterocycles. The number of carbonyl (C=O) groups excluding carboxylic acids is 1. The van der Waals surface area contributed by atoms with Crippen molar-refractivity contribution in [1.82, 2.24) is 28.9 Å². The van der Waals surface area contributed by atoms with Gasteiger partial charge in [-0.15, -0.1) is 0 Å². The molecule has 0 bridgehead atoms. The van der Waals surface area contributed by atoms with Crippen LogP contribution in [0.25, 0.3) is 11.2 Å². The van der Waals surface area contributed by atoms with Crippen molar-refractivity contribution in [2.24, 2.45) is 14.1 Å². The van der Waals surface area contributed by atoms with Gasteiger partial charge in [0.2, 0.25) is 5.91 Å². The van der Waals surface area contributed by atoms with Gasteiger partial charge in [0.1, 0.15) is 18.5 Å². The molecule has 0 aromatic carbocycles. The Kier molecular flexibility index (Phi) is 4.63. The standard InChI is InChI=1S/C18H22N6O4/c1-21-16-14(17(26)22(2)18(21)27)24(11-19-16)10-13(25)20-15(12-6-5-9-28-12)23-7-3-4-8-23/h5-6,9,11,15H,3-4,7-8,10H2,1-2H3,(H,20,25). The number of carbonyl (C=O) groups is 1. The number of hydrogen-bond acceptors (Lipinski definition) is 6. The summed E-state index contributed by atoms with van der Waals surface area (Å²) in [5, 5.41) is 2.99. The second-order valence-corrected chi connectivity index (χ2v) is 6.98. The number of amides is 1. The summed E-state index contributed by atoms with van der Waals surface area (Å²) in [6, 6.07) is 3.62. The Balaban J connectivity index is 1.61. The molecule has 10 nitrogen and oxygen atoms in total. The number of imidazole rings is 1. The van der Waals surface area contributed by atoms with Gasteiger partial charge in [-0.3, -0.25) is 23.6 Å². The number of fused-ring (bicyclic) bond motifs is 1. The summed E-state index contributed by atoms with van der Waals surface area (Å²) < 4.78 is 9.28. The molecule has 10 heteroatoms. The normalized spacial score (nSPS) is 15.9. The quantitative estimate of drug-likeness (QED) is 0.658. The molecule has 3 aromatic rings. The van der Waals surface area contributed by atoms with E-state index in [1.807, 2.05) is 6.07 Å². The first-order chi connectivity index (χ1) is 13.5. The number of furan rings is 1. The molecular formula is C18H22N6O4. The second kappa shape index (κ2) is 7.12. The van der Waals surface area contributed by atoms with Gasteiger partial charge in [-0.2, -0.15) is 0 Å². The Morgan fingerprint density at radius 3 is 2.68 bits per heavy atom. The van der Waals surface area contributed by atoms with E-state index in [0.29, 0.717) is 5.76 Å². The zero-order chi connectivity index (χ0) is 19.8. The molecule has 148 valence electrons. The molecule has 0 radical (unpaired) electrons. The van der Waals surface area contributed by atoms with Crippen molar-refractivity contribution >= 4 is 17.1 Å². The molecule has 0 spiro atoms. The number of aryl methyl sites for hydroxylation is 1. The predicted octanol–water partition coefficient (Wildman–Crippen LogP) is -0.0625. The second-order valence-electron chi connectivity index (χ2n) is 6.98. The van der Waals surface area contributed by atoms with Crippen molar-refractivity contribution in [2.45, 2.75) is 25.6 Å². The highest BCUT2D eigenvalue weighted by molar-refractivity contribution is 5.79. The smallest absolute Gasteiger partial charge is 0.332 e. The van der Waals surface area contributed by atoms with Gasteiger partial charge >= 0.3 is 5.69 Å². The SMILES string of the molecule is Cn1c(=O)c2c(ncn2CC(=O)NC(c2ccco2)N2CCCC2)n(C)c1=O. The van der Waals surface area contributed by atoms with E-state index in [9.17, 15) is 14.4 Å². The maximum absolute atomic E-state index is 12.8. The number of nitrogens with one attached hydrogen (secondary N) is 1. The van der Waals surface area contributed by atoms with E-state index < -0.39 is 11.2 Å². The topological polar surface area (TPSA) is 107 Å². The predicted molar refractivity (Wildman–Crippen MR) is 101 cm³/mol. The van der Waals surface area contributed by atoms with E-state index in [2.05, 4.69) is 15.2 Å². The van der Waals surface area contributed by atoms with Crippen LogP contribution >= 0.6 is 0 Å². The lowest BCUT2D eigenvalue weighted by Crippen LogP contribution is -2.41. The number of aromatic nitrogens is 4. The summed E-state index contributed by atoms with van der Waals surface area (Å²) in [5.41, 5.74) is -0.469. The number of rotatable bonds is 5. The van der Waals surface area contributed by atoms with Crippen LogP contribution in [0.2, 0.25) is 0 Å². The zero-order valence-corrected chi connectivity index (χ0v) is 15.8. The third-order valence-corrected chi connectivity index (χ3v) is 5.15. The molecule has 0 saturated carbocycles. The van der Waals surface area contributed by atoms with Crippen LogP contribution in [0.5, 0.6) is 0 Å².